The third kappa shape index (κ3) is 3.76. The molecule has 1 unspecified atom stereocenters. The summed E-state index contributed by atoms with van der Waals surface area (Å²) >= 11 is 1.70. The number of nitrogens with zero attached hydrogens (tertiary/aromatic N) is 2. The van der Waals surface area contributed by atoms with E-state index in [1.165, 1.54) is 0 Å². The summed E-state index contributed by atoms with van der Waals surface area (Å²) in [6, 6.07) is -0.283. The molecule has 2 amide bonds. The minimum Gasteiger partial charge on any atom is -0.481 e. The van der Waals surface area contributed by atoms with Crippen LogP contribution in [0.5, 0.6) is 0 Å². The Hall–Kier alpha value is -0.950. The van der Waals surface area contributed by atoms with E-state index in [9.17, 15) is 14.7 Å². The summed E-state index contributed by atoms with van der Waals surface area (Å²) in [5, 5.41) is 18.4. The summed E-state index contributed by atoms with van der Waals surface area (Å²) < 4.78 is 0. The van der Waals surface area contributed by atoms with Crippen molar-refractivity contribution in [3.63, 3.8) is 0 Å². The largest absolute Gasteiger partial charge is 0.481 e. The van der Waals surface area contributed by atoms with Crippen LogP contribution in [0.15, 0.2) is 0 Å². The molecule has 6 nitrogen and oxygen atoms in total. The summed E-state index contributed by atoms with van der Waals surface area (Å²) in [5.41, 5.74) is 0. The third-order valence-electron chi connectivity index (χ3n) is 3.62. The molecule has 2 N–H and O–H groups in total. The average Bonchev–Trinajstić information content (AvgIpc) is 2.39. The lowest BCUT2D eigenvalue weighted by molar-refractivity contribution is -0.138. The first kappa shape index (κ1) is 14.5. The van der Waals surface area contributed by atoms with Crippen LogP contribution in [-0.2, 0) is 4.79 Å². The minimum absolute atomic E-state index is 0.00913. The molecule has 0 radical (unpaired) electrons. The van der Waals surface area contributed by atoms with Crippen LogP contribution in [0.2, 0.25) is 0 Å². The molecule has 2 fully saturated rings. The second kappa shape index (κ2) is 6.47. The lowest BCUT2D eigenvalue weighted by Crippen LogP contribution is -2.54. The maximum absolute atomic E-state index is 12.4. The number of likely N-dealkylation sites (tertiary alicyclic amines) is 1. The molecular weight excluding hydrogens is 268 g/mol. The fourth-order valence-corrected chi connectivity index (χ4v) is 3.58. The number of aliphatic hydroxyl groups excluding tert-OH is 1. The first-order valence-corrected chi connectivity index (χ1v) is 7.76. The molecule has 0 aromatic rings. The Morgan fingerprint density at radius 2 is 1.89 bits per heavy atom. The van der Waals surface area contributed by atoms with Crippen LogP contribution in [0, 0.1) is 0 Å². The van der Waals surface area contributed by atoms with Gasteiger partial charge in [-0.15, -0.1) is 0 Å². The number of amides is 2. The molecule has 19 heavy (non-hydrogen) atoms. The summed E-state index contributed by atoms with van der Waals surface area (Å²) in [7, 11) is 0. The quantitative estimate of drug-likeness (QED) is 0.771. The van der Waals surface area contributed by atoms with Gasteiger partial charge in [-0.25, -0.2) is 4.79 Å². The van der Waals surface area contributed by atoms with Crippen molar-refractivity contribution in [1.82, 2.24) is 9.80 Å². The Bertz CT molecular complexity index is 345. The second-order valence-electron chi connectivity index (χ2n) is 5.02. The lowest BCUT2D eigenvalue weighted by atomic mass is 10.1. The molecule has 2 rings (SSSR count). The van der Waals surface area contributed by atoms with Crippen molar-refractivity contribution < 1.29 is 19.8 Å². The molecule has 0 aliphatic carbocycles. The number of carbonyl (C=O) groups excluding carboxylic acids is 1. The van der Waals surface area contributed by atoms with Crippen molar-refractivity contribution in [3.05, 3.63) is 0 Å². The van der Waals surface area contributed by atoms with Crippen molar-refractivity contribution in [1.29, 1.82) is 0 Å². The van der Waals surface area contributed by atoms with Crippen LogP contribution >= 0.6 is 11.8 Å². The number of rotatable bonds is 2. The molecule has 108 valence electrons. The first-order valence-electron chi connectivity index (χ1n) is 6.61. The first-order chi connectivity index (χ1) is 9.08. The van der Waals surface area contributed by atoms with Gasteiger partial charge in [0.15, 0.2) is 0 Å². The summed E-state index contributed by atoms with van der Waals surface area (Å²) in [4.78, 5) is 26.7. The fraction of sp³-hybridized carbons (Fsp3) is 0.833. The predicted octanol–water partition coefficient (Wildman–Crippen LogP) is 0.455. The van der Waals surface area contributed by atoms with Gasteiger partial charge in [0.05, 0.1) is 18.6 Å². The van der Waals surface area contributed by atoms with Gasteiger partial charge in [0.2, 0.25) is 0 Å². The molecule has 0 saturated carbocycles. The second-order valence-corrected chi connectivity index (χ2v) is 6.17. The molecule has 0 aromatic heterocycles. The van der Waals surface area contributed by atoms with E-state index < -0.39 is 5.97 Å². The van der Waals surface area contributed by atoms with Crippen molar-refractivity contribution >= 4 is 23.8 Å². The number of carboxylic acid groups (broad SMARTS) is 1. The SMILES string of the molecule is O=C(O)CC1CSCCN1C(=O)N1CCC(O)CC1. The van der Waals surface area contributed by atoms with E-state index in [4.69, 9.17) is 5.11 Å². The van der Waals surface area contributed by atoms with Crippen LogP contribution in [0.4, 0.5) is 4.79 Å². The Morgan fingerprint density at radius 3 is 2.53 bits per heavy atom. The van der Waals surface area contributed by atoms with Gasteiger partial charge in [0.1, 0.15) is 0 Å². The third-order valence-corrected chi connectivity index (χ3v) is 4.71. The highest BCUT2D eigenvalue weighted by Gasteiger charge is 2.32. The number of hydrogen-bond acceptors (Lipinski definition) is 4. The molecule has 7 heteroatoms. The average molecular weight is 288 g/mol. The smallest absolute Gasteiger partial charge is 0.320 e. The molecule has 0 spiro atoms. The molecule has 2 aliphatic heterocycles. The molecule has 2 aliphatic rings. The maximum atomic E-state index is 12.4. The number of hydrogen-bond donors (Lipinski definition) is 2. The van der Waals surface area contributed by atoms with Gasteiger partial charge in [0.25, 0.3) is 0 Å². The Morgan fingerprint density at radius 1 is 1.21 bits per heavy atom. The van der Waals surface area contributed by atoms with Crippen molar-refractivity contribution in [2.24, 2.45) is 0 Å². The van der Waals surface area contributed by atoms with Crippen LogP contribution in [0.3, 0.4) is 0 Å². The van der Waals surface area contributed by atoms with Crippen molar-refractivity contribution in [2.45, 2.75) is 31.4 Å². The van der Waals surface area contributed by atoms with E-state index in [1.807, 2.05) is 0 Å². The Balaban J connectivity index is 1.96. The molecule has 2 saturated heterocycles. The minimum atomic E-state index is -0.862. The van der Waals surface area contributed by atoms with Gasteiger partial charge in [0, 0.05) is 31.1 Å². The highest BCUT2D eigenvalue weighted by Crippen LogP contribution is 2.22. The van der Waals surface area contributed by atoms with E-state index in [0.717, 1.165) is 5.75 Å². The zero-order chi connectivity index (χ0) is 13.8. The van der Waals surface area contributed by atoms with Crippen molar-refractivity contribution in [2.75, 3.05) is 31.1 Å². The van der Waals surface area contributed by atoms with Gasteiger partial charge in [-0.2, -0.15) is 11.8 Å². The van der Waals surface area contributed by atoms with Crippen LogP contribution < -0.4 is 0 Å². The highest BCUT2D eigenvalue weighted by atomic mass is 32.2. The van der Waals surface area contributed by atoms with E-state index in [1.54, 1.807) is 21.6 Å². The van der Waals surface area contributed by atoms with Crippen LogP contribution in [0.25, 0.3) is 0 Å². The summed E-state index contributed by atoms with van der Waals surface area (Å²) in [5.74, 6) is 0.687. The number of piperidine rings is 1. The zero-order valence-corrected chi connectivity index (χ0v) is 11.6. The van der Waals surface area contributed by atoms with Gasteiger partial charge in [-0.1, -0.05) is 0 Å². The summed E-state index contributed by atoms with van der Waals surface area (Å²) in [6.45, 7) is 1.73. The van der Waals surface area contributed by atoms with E-state index in [-0.39, 0.29) is 24.6 Å². The molecule has 0 bridgehead atoms. The van der Waals surface area contributed by atoms with Gasteiger partial charge in [-0.3, -0.25) is 4.79 Å². The maximum Gasteiger partial charge on any atom is 0.320 e. The van der Waals surface area contributed by atoms with Gasteiger partial charge >= 0.3 is 12.0 Å². The van der Waals surface area contributed by atoms with Crippen LogP contribution in [0.1, 0.15) is 19.3 Å². The number of carbonyl (C=O) groups is 2. The molecule has 2 heterocycles. The zero-order valence-electron chi connectivity index (χ0n) is 10.8. The fourth-order valence-electron chi connectivity index (χ4n) is 2.52. The Labute approximate surface area is 116 Å². The van der Waals surface area contributed by atoms with Gasteiger partial charge < -0.3 is 20.0 Å². The number of urea groups is 1. The van der Waals surface area contributed by atoms with E-state index in [2.05, 4.69) is 0 Å². The van der Waals surface area contributed by atoms with E-state index >= 15 is 0 Å². The monoisotopic (exact) mass is 288 g/mol. The normalized spacial score (nSPS) is 25.4. The number of carboxylic acids is 1. The topological polar surface area (TPSA) is 81.1 Å². The number of aliphatic carboxylic acids is 1. The number of aliphatic hydroxyl groups is 1. The molecule has 0 aromatic carbocycles. The number of thioether (sulfide) groups is 1. The summed E-state index contributed by atoms with van der Waals surface area (Å²) in [6.07, 6.45) is 0.918. The van der Waals surface area contributed by atoms with Crippen molar-refractivity contribution in [3.8, 4) is 0 Å². The standard InChI is InChI=1S/C12H20N2O4S/c15-10-1-3-13(4-2-10)12(18)14-5-6-19-8-9(14)7-11(16)17/h9-10,15H,1-8H2,(H,16,17). The predicted molar refractivity (Wildman–Crippen MR) is 72.3 cm³/mol. The highest BCUT2D eigenvalue weighted by molar-refractivity contribution is 7.99. The van der Waals surface area contributed by atoms with E-state index in [0.29, 0.717) is 38.2 Å². The van der Waals surface area contributed by atoms with Crippen LogP contribution in [-0.4, -0.2) is 75.3 Å². The lowest BCUT2D eigenvalue weighted by Gasteiger charge is -2.40. The van der Waals surface area contributed by atoms with Gasteiger partial charge in [-0.05, 0) is 12.8 Å². The molecular formula is C12H20N2O4S. The molecule has 1 atom stereocenters. The Kier molecular flexibility index (Phi) is 4.93.